The lowest BCUT2D eigenvalue weighted by molar-refractivity contribution is -0.298. The average Bonchev–Trinajstić information content (AvgIpc) is 2.88. The van der Waals surface area contributed by atoms with Gasteiger partial charge in [0.1, 0.15) is 12.2 Å². The highest BCUT2D eigenvalue weighted by Crippen LogP contribution is 2.30. The highest BCUT2D eigenvalue weighted by molar-refractivity contribution is 5.92. The van der Waals surface area contributed by atoms with Gasteiger partial charge in [0.2, 0.25) is 6.29 Å². The Morgan fingerprint density at radius 1 is 0.974 bits per heavy atom. The first-order chi connectivity index (χ1) is 18.3. The molecule has 0 saturated carbocycles. The summed E-state index contributed by atoms with van der Waals surface area (Å²) in [5.74, 6) is 4.08. The second-order valence-corrected chi connectivity index (χ2v) is 8.46. The summed E-state index contributed by atoms with van der Waals surface area (Å²) in [6.07, 6.45) is 0.0537. The number of benzene rings is 1. The SMILES string of the molecule is C=CCOC[C@H]1OC(OC(=O)c2ccccc2C#CCCCC)[C@H](OC(C)=O)[C@@H](OCC=C)[C@@H]1OC(C)=O. The van der Waals surface area contributed by atoms with E-state index >= 15 is 0 Å². The smallest absolute Gasteiger partial charge is 0.341 e. The Morgan fingerprint density at radius 3 is 2.32 bits per heavy atom. The number of carbonyl (C=O) groups excluding carboxylic acids is 3. The average molecular weight is 529 g/mol. The molecule has 0 spiro atoms. The molecule has 1 aliphatic rings. The molecule has 0 aromatic heterocycles. The minimum absolute atomic E-state index is 0.0390. The zero-order valence-electron chi connectivity index (χ0n) is 22.2. The summed E-state index contributed by atoms with van der Waals surface area (Å²) in [6, 6.07) is 6.78. The van der Waals surface area contributed by atoms with Gasteiger partial charge in [0.25, 0.3) is 0 Å². The number of hydrogen-bond acceptors (Lipinski definition) is 9. The molecule has 1 unspecified atom stereocenters. The quantitative estimate of drug-likeness (QED) is 0.124. The first-order valence-corrected chi connectivity index (χ1v) is 12.5. The van der Waals surface area contributed by atoms with Crippen LogP contribution in [-0.2, 0) is 38.0 Å². The normalized spacial score (nSPS) is 22.3. The fourth-order valence-corrected chi connectivity index (χ4v) is 3.76. The Balaban J connectivity index is 2.42. The molecule has 1 aromatic rings. The number of esters is 3. The molecule has 38 heavy (non-hydrogen) atoms. The summed E-state index contributed by atoms with van der Waals surface area (Å²) in [6.45, 7) is 12.0. The molecular weight excluding hydrogens is 492 g/mol. The lowest BCUT2D eigenvalue weighted by atomic mass is 9.98. The second-order valence-electron chi connectivity index (χ2n) is 8.46. The minimum atomic E-state index is -1.40. The van der Waals surface area contributed by atoms with Crippen molar-refractivity contribution in [2.24, 2.45) is 0 Å². The highest BCUT2D eigenvalue weighted by atomic mass is 16.7. The topological polar surface area (TPSA) is 107 Å². The fraction of sp³-hybridized carbons (Fsp3) is 0.483. The largest absolute Gasteiger partial charge is 0.457 e. The van der Waals surface area contributed by atoms with Crippen LogP contribution in [0.5, 0.6) is 0 Å². The molecule has 2 rings (SSSR count). The molecule has 1 aliphatic heterocycles. The molecule has 0 bridgehead atoms. The van der Waals surface area contributed by atoms with E-state index in [4.69, 9.17) is 28.4 Å². The summed E-state index contributed by atoms with van der Waals surface area (Å²) >= 11 is 0. The van der Waals surface area contributed by atoms with E-state index in [1.165, 1.54) is 19.9 Å². The molecule has 1 heterocycles. The van der Waals surface area contributed by atoms with Gasteiger partial charge in [0.15, 0.2) is 12.2 Å². The standard InChI is InChI=1S/C29H36O9/c1-6-9-10-11-14-22-15-12-13-16-23(22)28(32)38-29-27(36-21(5)31)26(34-18-8-3)25(35-20(4)30)24(37-29)19-33-17-7-2/h7-8,12-13,15-16,24-27,29H,2-3,6,9-10,17-19H2,1,4-5H3/t24-,25-,26+,27-,29?/m1/s1. The predicted molar refractivity (Wildman–Crippen MR) is 139 cm³/mol. The van der Waals surface area contributed by atoms with E-state index in [9.17, 15) is 14.4 Å². The molecule has 0 radical (unpaired) electrons. The van der Waals surface area contributed by atoms with E-state index in [0.717, 1.165) is 12.8 Å². The van der Waals surface area contributed by atoms with Gasteiger partial charge in [0, 0.05) is 25.8 Å². The van der Waals surface area contributed by atoms with E-state index in [-0.39, 0.29) is 25.4 Å². The zero-order chi connectivity index (χ0) is 27.9. The van der Waals surface area contributed by atoms with Crippen LogP contribution in [0.3, 0.4) is 0 Å². The van der Waals surface area contributed by atoms with Crippen molar-refractivity contribution in [3.05, 3.63) is 60.7 Å². The third-order valence-corrected chi connectivity index (χ3v) is 5.37. The number of ether oxygens (including phenoxy) is 6. The van der Waals surface area contributed by atoms with E-state index in [0.29, 0.717) is 12.0 Å². The van der Waals surface area contributed by atoms with Crippen LogP contribution < -0.4 is 0 Å². The molecule has 206 valence electrons. The summed E-state index contributed by atoms with van der Waals surface area (Å²) < 4.78 is 34.1. The van der Waals surface area contributed by atoms with Crippen molar-refractivity contribution in [3.63, 3.8) is 0 Å². The minimum Gasteiger partial charge on any atom is -0.457 e. The van der Waals surface area contributed by atoms with E-state index < -0.39 is 48.6 Å². The van der Waals surface area contributed by atoms with Crippen molar-refractivity contribution in [2.75, 3.05) is 19.8 Å². The second kappa shape index (κ2) is 16.4. The van der Waals surface area contributed by atoms with Gasteiger partial charge < -0.3 is 28.4 Å². The van der Waals surface area contributed by atoms with Crippen LogP contribution in [0.1, 0.15) is 56.0 Å². The van der Waals surface area contributed by atoms with Crippen LogP contribution in [0.15, 0.2) is 49.6 Å². The van der Waals surface area contributed by atoms with Gasteiger partial charge in [-0.15, -0.1) is 13.2 Å². The summed E-state index contributed by atoms with van der Waals surface area (Å²) in [7, 11) is 0. The molecule has 9 nitrogen and oxygen atoms in total. The van der Waals surface area contributed by atoms with E-state index in [1.54, 1.807) is 30.3 Å². The first-order valence-electron chi connectivity index (χ1n) is 12.5. The molecule has 0 amide bonds. The maximum Gasteiger partial charge on any atom is 0.341 e. The van der Waals surface area contributed by atoms with Crippen LogP contribution in [0.25, 0.3) is 0 Å². The molecule has 9 heteroatoms. The molecular formula is C29H36O9. The van der Waals surface area contributed by atoms with Gasteiger partial charge in [-0.25, -0.2) is 4.79 Å². The zero-order valence-corrected chi connectivity index (χ0v) is 22.2. The van der Waals surface area contributed by atoms with Crippen LogP contribution >= 0.6 is 0 Å². The van der Waals surface area contributed by atoms with Crippen molar-refractivity contribution in [2.45, 2.75) is 70.7 Å². The van der Waals surface area contributed by atoms with Crippen molar-refractivity contribution in [3.8, 4) is 11.8 Å². The van der Waals surface area contributed by atoms with Crippen molar-refractivity contribution in [1.82, 2.24) is 0 Å². The lowest BCUT2D eigenvalue weighted by Gasteiger charge is -2.44. The van der Waals surface area contributed by atoms with Gasteiger partial charge in [-0.1, -0.05) is 49.5 Å². The van der Waals surface area contributed by atoms with Gasteiger partial charge in [-0.3, -0.25) is 9.59 Å². The van der Waals surface area contributed by atoms with Crippen LogP contribution in [0, 0.1) is 11.8 Å². The van der Waals surface area contributed by atoms with E-state index in [1.807, 2.05) is 0 Å². The third kappa shape index (κ3) is 9.45. The molecule has 0 aliphatic carbocycles. The molecule has 0 N–H and O–H groups in total. The molecule has 1 fully saturated rings. The number of hydrogen-bond donors (Lipinski definition) is 0. The van der Waals surface area contributed by atoms with Crippen LogP contribution in [0.2, 0.25) is 0 Å². The lowest BCUT2D eigenvalue weighted by Crippen LogP contribution is -2.62. The summed E-state index contributed by atoms with van der Waals surface area (Å²) in [5, 5.41) is 0. The fourth-order valence-electron chi connectivity index (χ4n) is 3.76. The maximum absolute atomic E-state index is 13.3. The predicted octanol–water partition coefficient (Wildman–Crippen LogP) is 3.75. The first kappa shape index (κ1) is 30.8. The van der Waals surface area contributed by atoms with Gasteiger partial charge >= 0.3 is 17.9 Å². The molecule has 5 atom stereocenters. The Labute approximate surface area is 224 Å². The Morgan fingerprint density at radius 2 is 1.66 bits per heavy atom. The van der Waals surface area contributed by atoms with Crippen LogP contribution in [-0.4, -0.2) is 68.4 Å². The van der Waals surface area contributed by atoms with Crippen molar-refractivity contribution >= 4 is 17.9 Å². The number of unbranched alkanes of at least 4 members (excludes halogenated alkanes) is 2. The van der Waals surface area contributed by atoms with Crippen molar-refractivity contribution < 1.29 is 42.8 Å². The Kier molecular flexibility index (Phi) is 13.3. The number of carbonyl (C=O) groups is 3. The maximum atomic E-state index is 13.3. The van der Waals surface area contributed by atoms with E-state index in [2.05, 4.69) is 31.9 Å². The summed E-state index contributed by atoms with van der Waals surface area (Å²) in [5.41, 5.74) is 0.725. The summed E-state index contributed by atoms with van der Waals surface area (Å²) in [4.78, 5) is 37.3. The number of rotatable bonds is 13. The van der Waals surface area contributed by atoms with Gasteiger partial charge in [-0.2, -0.15) is 0 Å². The molecule has 1 aromatic carbocycles. The van der Waals surface area contributed by atoms with Crippen LogP contribution in [0.4, 0.5) is 0 Å². The Bertz CT molecular complexity index is 1020. The Hall–Kier alpha value is -3.45. The monoisotopic (exact) mass is 528 g/mol. The van der Waals surface area contributed by atoms with Crippen molar-refractivity contribution in [1.29, 1.82) is 0 Å². The van der Waals surface area contributed by atoms with Gasteiger partial charge in [-0.05, 0) is 18.6 Å². The van der Waals surface area contributed by atoms with Gasteiger partial charge in [0.05, 0.1) is 25.4 Å². The third-order valence-electron chi connectivity index (χ3n) is 5.37. The molecule has 1 saturated heterocycles. The highest BCUT2D eigenvalue weighted by Gasteiger charge is 2.52.